The fourth-order valence-electron chi connectivity index (χ4n) is 0.589. The molecule has 0 bridgehead atoms. The number of nitriles is 1. The maximum Gasteiger partial charge on any atom is 0.195 e. The molecule has 0 fully saturated rings. The van der Waals surface area contributed by atoms with Crippen molar-refractivity contribution in [3.05, 3.63) is 55.1 Å². The summed E-state index contributed by atoms with van der Waals surface area (Å²) in [5.41, 5.74) is 1.17. The number of ketones is 2. The molecule has 0 saturated heterocycles. The summed E-state index contributed by atoms with van der Waals surface area (Å²) in [6.07, 6.45) is 3.01. The van der Waals surface area contributed by atoms with E-state index in [2.05, 4.69) is 13.2 Å². The summed E-state index contributed by atoms with van der Waals surface area (Å²) in [4.78, 5) is 19.6. The van der Waals surface area contributed by atoms with Crippen molar-refractivity contribution in [1.29, 1.82) is 5.26 Å². The van der Waals surface area contributed by atoms with Crippen molar-refractivity contribution in [1.82, 2.24) is 0 Å². The molecule has 94 valence electrons. The summed E-state index contributed by atoms with van der Waals surface area (Å²) >= 11 is 0. The van der Waals surface area contributed by atoms with Gasteiger partial charge in [0.15, 0.2) is 11.6 Å². The van der Waals surface area contributed by atoms with Gasteiger partial charge in [0.25, 0.3) is 0 Å². The molecular weight excluding hydrogens is 226 g/mol. The van der Waals surface area contributed by atoms with E-state index in [0.717, 1.165) is 0 Å². The third-order valence-electron chi connectivity index (χ3n) is 1.62. The smallest absolute Gasteiger partial charge is 0.195 e. The number of Topliss-reactive ketones (excluding diaryl/α,β-unsaturated/α-hetero) is 2. The minimum absolute atomic E-state index is 0.380. The van der Waals surface area contributed by atoms with Gasteiger partial charge in [-0.1, -0.05) is 49.6 Å². The van der Waals surface area contributed by atoms with Crippen LogP contribution in [0.25, 0.3) is 6.08 Å². The summed E-state index contributed by atoms with van der Waals surface area (Å²) < 4.78 is 0. The second-order valence-corrected chi connectivity index (χ2v) is 3.06. The van der Waals surface area contributed by atoms with Crippen molar-refractivity contribution >= 4 is 17.6 Å². The first kappa shape index (κ1) is 17.9. The fourth-order valence-corrected chi connectivity index (χ4v) is 0.589. The molecule has 0 saturated carbocycles. The van der Waals surface area contributed by atoms with Gasteiger partial charge in [0.05, 0.1) is 6.07 Å². The Labute approximate surface area is 108 Å². The zero-order chi connectivity index (χ0) is 14.4. The molecule has 0 aliphatic rings. The van der Waals surface area contributed by atoms with Crippen LogP contribution in [0.1, 0.15) is 19.4 Å². The van der Waals surface area contributed by atoms with E-state index in [1.807, 2.05) is 36.4 Å². The quantitative estimate of drug-likeness (QED) is 0.592. The molecular formula is C15H17NO2. The highest BCUT2D eigenvalue weighted by molar-refractivity contribution is 6.35. The van der Waals surface area contributed by atoms with E-state index in [4.69, 9.17) is 5.26 Å². The van der Waals surface area contributed by atoms with Crippen LogP contribution in [-0.4, -0.2) is 11.6 Å². The highest BCUT2D eigenvalue weighted by Gasteiger charge is 1.94. The number of hydrogen-bond donors (Lipinski definition) is 0. The molecule has 1 aromatic rings. The predicted octanol–water partition coefficient (Wildman–Crippen LogP) is 3.19. The largest absolute Gasteiger partial charge is 0.291 e. The Bertz CT molecular complexity index is 416. The van der Waals surface area contributed by atoms with Crippen LogP contribution < -0.4 is 0 Å². The average Bonchev–Trinajstić information content (AvgIpc) is 2.40. The number of hydrogen-bond acceptors (Lipinski definition) is 3. The molecule has 0 N–H and O–H groups in total. The summed E-state index contributed by atoms with van der Waals surface area (Å²) in [6, 6.07) is 11.7. The number of rotatable bonds is 2. The van der Waals surface area contributed by atoms with Gasteiger partial charge in [-0.05, 0) is 5.56 Å². The van der Waals surface area contributed by atoms with Crippen molar-refractivity contribution in [3.8, 4) is 6.07 Å². The number of allylic oxidation sites excluding steroid dienone is 1. The normalized spacial score (nSPS) is 7.17. The zero-order valence-corrected chi connectivity index (χ0v) is 10.7. The molecule has 0 spiro atoms. The Hall–Kier alpha value is -2.47. The first-order chi connectivity index (χ1) is 8.49. The minimum atomic E-state index is -0.380. The van der Waals surface area contributed by atoms with Gasteiger partial charge < -0.3 is 0 Å². The van der Waals surface area contributed by atoms with Crippen molar-refractivity contribution < 1.29 is 9.59 Å². The molecule has 1 rings (SSSR count). The number of carbonyl (C=O) groups excluding carboxylic acids is 2. The van der Waals surface area contributed by atoms with Gasteiger partial charge in [-0.3, -0.25) is 9.59 Å². The van der Waals surface area contributed by atoms with Gasteiger partial charge >= 0.3 is 0 Å². The topological polar surface area (TPSA) is 57.9 Å². The molecule has 0 aliphatic carbocycles. The van der Waals surface area contributed by atoms with Crippen LogP contribution in [0.3, 0.4) is 0 Å². The first-order valence-corrected chi connectivity index (χ1v) is 5.19. The summed E-state index contributed by atoms with van der Waals surface area (Å²) in [5, 5.41) is 7.51. The average molecular weight is 243 g/mol. The molecule has 0 radical (unpaired) electrons. The Morgan fingerprint density at radius 1 is 1.11 bits per heavy atom. The fraction of sp³-hybridized carbons (Fsp3) is 0.133. The van der Waals surface area contributed by atoms with Gasteiger partial charge in [0, 0.05) is 19.9 Å². The van der Waals surface area contributed by atoms with E-state index in [1.54, 1.807) is 6.07 Å². The lowest BCUT2D eigenvalue weighted by Crippen LogP contribution is -2.01. The van der Waals surface area contributed by atoms with Gasteiger partial charge in [0.2, 0.25) is 0 Å². The third kappa shape index (κ3) is 13.5. The van der Waals surface area contributed by atoms with E-state index < -0.39 is 0 Å². The molecule has 0 unspecified atom stereocenters. The van der Waals surface area contributed by atoms with Crippen molar-refractivity contribution in [3.63, 3.8) is 0 Å². The Kier molecular flexibility index (Phi) is 12.5. The van der Waals surface area contributed by atoms with Crippen LogP contribution >= 0.6 is 0 Å². The van der Waals surface area contributed by atoms with Crippen LogP contribution in [-0.2, 0) is 9.59 Å². The lowest BCUT2D eigenvalue weighted by Gasteiger charge is -1.85. The van der Waals surface area contributed by atoms with Crippen LogP contribution in [0.2, 0.25) is 0 Å². The summed E-state index contributed by atoms with van der Waals surface area (Å²) in [6.45, 7) is 9.25. The number of carbonyl (C=O) groups is 2. The van der Waals surface area contributed by atoms with Crippen molar-refractivity contribution in [2.75, 3.05) is 0 Å². The predicted molar refractivity (Wildman–Crippen MR) is 73.7 cm³/mol. The van der Waals surface area contributed by atoms with Crippen molar-refractivity contribution in [2.24, 2.45) is 0 Å². The highest BCUT2D eigenvalue weighted by atomic mass is 16.2. The molecule has 0 aromatic heterocycles. The van der Waals surface area contributed by atoms with E-state index >= 15 is 0 Å². The molecule has 0 aliphatic heterocycles. The Morgan fingerprint density at radius 3 is 1.67 bits per heavy atom. The lowest BCUT2D eigenvalue weighted by atomic mass is 10.2. The standard InChI is InChI=1S/C8H8.C4H6O2.C3H3N/c1-2-8-6-4-3-5-7-8;1-3(5)4(2)6;1-2-3-4/h2-7H,1H2;1-2H3;2H,1H2. The zero-order valence-electron chi connectivity index (χ0n) is 10.7. The maximum absolute atomic E-state index is 9.79. The van der Waals surface area contributed by atoms with Crippen molar-refractivity contribution in [2.45, 2.75) is 13.8 Å². The van der Waals surface area contributed by atoms with Crippen LogP contribution in [0.4, 0.5) is 0 Å². The lowest BCUT2D eigenvalue weighted by molar-refractivity contribution is -0.134. The molecule has 3 heteroatoms. The number of benzene rings is 1. The maximum atomic E-state index is 9.79. The van der Waals surface area contributed by atoms with Gasteiger partial charge in [-0.25, -0.2) is 0 Å². The van der Waals surface area contributed by atoms with Gasteiger partial charge in [0.1, 0.15) is 0 Å². The molecule has 3 nitrogen and oxygen atoms in total. The Balaban J connectivity index is 0. The summed E-state index contributed by atoms with van der Waals surface area (Å²) in [7, 11) is 0. The molecule has 0 atom stereocenters. The van der Waals surface area contributed by atoms with Crippen LogP contribution in [0, 0.1) is 11.3 Å². The first-order valence-electron chi connectivity index (χ1n) is 5.19. The van der Waals surface area contributed by atoms with E-state index in [1.165, 1.54) is 25.5 Å². The summed E-state index contributed by atoms with van der Waals surface area (Å²) in [5.74, 6) is -0.759. The van der Waals surface area contributed by atoms with Gasteiger partial charge in [-0.15, -0.1) is 0 Å². The molecule has 0 heterocycles. The Morgan fingerprint density at radius 2 is 1.50 bits per heavy atom. The second kappa shape index (κ2) is 12.6. The van der Waals surface area contributed by atoms with Crippen LogP contribution in [0.5, 0.6) is 0 Å². The monoisotopic (exact) mass is 243 g/mol. The second-order valence-electron chi connectivity index (χ2n) is 3.06. The highest BCUT2D eigenvalue weighted by Crippen LogP contribution is 1.97. The number of nitrogens with zero attached hydrogens (tertiary/aromatic N) is 1. The van der Waals surface area contributed by atoms with E-state index in [-0.39, 0.29) is 11.6 Å². The third-order valence-corrected chi connectivity index (χ3v) is 1.62. The van der Waals surface area contributed by atoms with Crippen LogP contribution in [0.15, 0.2) is 49.6 Å². The molecule has 18 heavy (non-hydrogen) atoms. The van der Waals surface area contributed by atoms with E-state index in [0.29, 0.717) is 0 Å². The molecule has 0 amide bonds. The SMILES string of the molecule is C=CC#N.C=Cc1ccccc1.CC(=O)C(C)=O. The van der Waals surface area contributed by atoms with E-state index in [9.17, 15) is 9.59 Å². The molecule has 1 aromatic carbocycles. The minimum Gasteiger partial charge on any atom is -0.291 e. The van der Waals surface area contributed by atoms with Gasteiger partial charge in [-0.2, -0.15) is 5.26 Å².